The average molecular weight is 380 g/mol. The monoisotopic (exact) mass is 380 g/mol. The Morgan fingerprint density at radius 3 is 2.59 bits per heavy atom. The van der Waals surface area contributed by atoms with Gasteiger partial charge in [-0.25, -0.2) is 0 Å². The molecule has 142 valence electrons. The zero-order valence-electron chi connectivity index (χ0n) is 16.1. The summed E-state index contributed by atoms with van der Waals surface area (Å²) in [6.45, 7) is 2.16. The van der Waals surface area contributed by atoms with Gasteiger partial charge in [0.05, 0.1) is 0 Å². The molecule has 0 heterocycles. The van der Waals surface area contributed by atoms with E-state index in [0.29, 0.717) is 17.0 Å². The van der Waals surface area contributed by atoms with E-state index in [4.69, 9.17) is 11.2 Å². The van der Waals surface area contributed by atoms with Crippen molar-refractivity contribution in [3.05, 3.63) is 77.4 Å². The fourth-order valence-corrected chi connectivity index (χ4v) is 2.98. The summed E-state index contributed by atoms with van der Waals surface area (Å²) in [7, 11) is 0. The molecule has 3 rings (SSSR count). The minimum absolute atomic E-state index is 0.0218. The van der Waals surface area contributed by atoms with Crippen LogP contribution in [-0.2, 0) is 11.2 Å². The Bertz CT molecular complexity index is 1150. The van der Waals surface area contributed by atoms with E-state index in [-0.39, 0.29) is 12.2 Å². The zero-order valence-corrected chi connectivity index (χ0v) is 16.1. The largest absolute Gasteiger partial charge is 0.480 e. The van der Waals surface area contributed by atoms with Gasteiger partial charge in [-0.3, -0.25) is 4.79 Å². The third kappa shape index (κ3) is 4.64. The van der Waals surface area contributed by atoms with E-state index in [1.54, 1.807) is 12.1 Å². The van der Waals surface area contributed by atoms with E-state index < -0.39 is 5.91 Å². The molecule has 0 fully saturated rings. The van der Waals surface area contributed by atoms with Gasteiger partial charge in [0.1, 0.15) is 24.0 Å². The van der Waals surface area contributed by atoms with E-state index in [0.717, 1.165) is 17.2 Å². The minimum Gasteiger partial charge on any atom is -0.480 e. The summed E-state index contributed by atoms with van der Waals surface area (Å²) in [4.78, 5) is 12.7. The maximum absolute atomic E-state index is 12.7. The van der Waals surface area contributed by atoms with Crippen LogP contribution < -0.4 is 10.1 Å². The molecule has 1 N–H and O–H groups in total. The summed E-state index contributed by atoms with van der Waals surface area (Å²) in [5.74, 6) is 2.48. The molecule has 4 heteroatoms. The highest BCUT2D eigenvalue weighted by molar-refractivity contribution is 6.11. The van der Waals surface area contributed by atoms with Gasteiger partial charge in [-0.2, -0.15) is 5.26 Å². The smallest absolute Gasteiger partial charge is 0.266 e. The highest BCUT2D eigenvalue weighted by atomic mass is 16.5. The molecule has 0 spiro atoms. The molecule has 0 saturated heterocycles. The van der Waals surface area contributed by atoms with Crippen molar-refractivity contribution in [1.82, 2.24) is 0 Å². The van der Waals surface area contributed by atoms with E-state index in [1.807, 2.05) is 60.7 Å². The highest BCUT2D eigenvalue weighted by Gasteiger charge is 2.13. The number of nitriles is 1. The number of hydrogen-bond acceptors (Lipinski definition) is 3. The summed E-state index contributed by atoms with van der Waals surface area (Å²) in [6, 6.07) is 20.9. The van der Waals surface area contributed by atoms with Crippen molar-refractivity contribution in [1.29, 1.82) is 5.26 Å². The number of aryl methyl sites for hydroxylation is 1. The molecule has 29 heavy (non-hydrogen) atoms. The van der Waals surface area contributed by atoms with Crippen LogP contribution in [0, 0.1) is 23.7 Å². The first-order chi connectivity index (χ1) is 14.2. The molecule has 0 aliphatic heterocycles. The molecule has 3 aromatic carbocycles. The average Bonchev–Trinajstić information content (AvgIpc) is 2.76. The van der Waals surface area contributed by atoms with Crippen LogP contribution in [0.4, 0.5) is 5.69 Å². The second-order valence-electron chi connectivity index (χ2n) is 6.37. The second-order valence-corrected chi connectivity index (χ2v) is 6.37. The predicted molar refractivity (Wildman–Crippen MR) is 116 cm³/mol. The standard InChI is InChI=1S/C25H20N2O2/c1-3-15-29-24-14-11-19-7-5-6-8-22(19)23(24)16-20(17-26)25(28)27-21-12-9-18(4-2)10-13-21/h1,5-14,16H,4,15H2,2H3,(H,27,28)/b20-16+. The van der Waals surface area contributed by atoms with Gasteiger partial charge < -0.3 is 10.1 Å². The Balaban J connectivity index is 1.99. The summed E-state index contributed by atoms with van der Waals surface area (Å²) in [5.41, 5.74) is 2.43. The van der Waals surface area contributed by atoms with Crippen LogP contribution in [0.25, 0.3) is 16.8 Å². The quantitative estimate of drug-likeness (QED) is 0.373. The number of carbonyl (C=O) groups excluding carboxylic acids is 1. The Hall–Kier alpha value is -4.02. The van der Waals surface area contributed by atoms with Gasteiger partial charge in [0, 0.05) is 11.3 Å². The fraction of sp³-hybridized carbons (Fsp3) is 0.120. The van der Waals surface area contributed by atoms with E-state index in [2.05, 4.69) is 18.2 Å². The Kier molecular flexibility index (Phi) is 6.30. The van der Waals surface area contributed by atoms with Gasteiger partial charge in [-0.15, -0.1) is 6.42 Å². The number of nitrogens with zero attached hydrogens (tertiary/aromatic N) is 1. The van der Waals surface area contributed by atoms with E-state index in [1.165, 1.54) is 5.56 Å². The second kappa shape index (κ2) is 9.26. The van der Waals surface area contributed by atoms with Gasteiger partial charge in [-0.05, 0) is 47.0 Å². The Morgan fingerprint density at radius 1 is 1.14 bits per heavy atom. The molecule has 1 amide bonds. The summed E-state index contributed by atoms with van der Waals surface area (Å²) < 4.78 is 5.64. The van der Waals surface area contributed by atoms with Crippen molar-refractivity contribution >= 4 is 28.4 Å². The van der Waals surface area contributed by atoms with Gasteiger partial charge in [0.15, 0.2) is 0 Å². The molecule has 4 nitrogen and oxygen atoms in total. The number of benzene rings is 3. The SMILES string of the molecule is C#CCOc1ccc2ccccc2c1/C=C(\C#N)C(=O)Nc1ccc(CC)cc1. The lowest BCUT2D eigenvalue weighted by Gasteiger charge is -2.11. The van der Waals surface area contributed by atoms with Crippen LogP contribution in [0.15, 0.2) is 66.2 Å². The maximum Gasteiger partial charge on any atom is 0.266 e. The molecule has 0 radical (unpaired) electrons. The molecular formula is C25H20N2O2. The van der Waals surface area contributed by atoms with E-state index in [9.17, 15) is 10.1 Å². The first kappa shape index (κ1) is 19.7. The third-order valence-corrected chi connectivity index (χ3v) is 4.52. The lowest BCUT2D eigenvalue weighted by molar-refractivity contribution is -0.112. The van der Waals surface area contributed by atoms with Crippen LogP contribution in [0.2, 0.25) is 0 Å². The molecule has 0 aromatic heterocycles. The zero-order chi connectivity index (χ0) is 20.6. The first-order valence-electron chi connectivity index (χ1n) is 9.26. The molecule has 0 aliphatic carbocycles. The molecule has 0 atom stereocenters. The molecule has 3 aromatic rings. The first-order valence-corrected chi connectivity index (χ1v) is 9.26. The Morgan fingerprint density at radius 2 is 1.90 bits per heavy atom. The lowest BCUT2D eigenvalue weighted by Crippen LogP contribution is -2.13. The molecular weight excluding hydrogens is 360 g/mol. The van der Waals surface area contributed by atoms with Crippen molar-refractivity contribution in [2.75, 3.05) is 11.9 Å². The van der Waals surface area contributed by atoms with Gasteiger partial charge in [-0.1, -0.05) is 55.3 Å². The number of carbonyl (C=O) groups is 1. The molecule has 0 saturated carbocycles. The highest BCUT2D eigenvalue weighted by Crippen LogP contribution is 2.30. The van der Waals surface area contributed by atoms with Crippen molar-refractivity contribution in [2.24, 2.45) is 0 Å². The van der Waals surface area contributed by atoms with Crippen molar-refractivity contribution in [2.45, 2.75) is 13.3 Å². The normalized spacial score (nSPS) is 10.8. The minimum atomic E-state index is -0.479. The Labute approximate surface area is 170 Å². The predicted octanol–water partition coefficient (Wildman–Crippen LogP) is 4.96. The summed E-state index contributed by atoms with van der Waals surface area (Å²) in [6.07, 6.45) is 7.78. The van der Waals surface area contributed by atoms with Crippen LogP contribution in [-0.4, -0.2) is 12.5 Å². The van der Waals surface area contributed by atoms with Gasteiger partial charge in [0.25, 0.3) is 5.91 Å². The van der Waals surface area contributed by atoms with Crippen LogP contribution in [0.3, 0.4) is 0 Å². The number of fused-ring (bicyclic) bond motifs is 1. The van der Waals surface area contributed by atoms with Crippen molar-refractivity contribution < 1.29 is 9.53 Å². The van der Waals surface area contributed by atoms with Crippen molar-refractivity contribution in [3.63, 3.8) is 0 Å². The van der Waals surface area contributed by atoms with Crippen LogP contribution >= 0.6 is 0 Å². The number of terminal acetylenes is 1. The number of nitrogens with one attached hydrogen (secondary N) is 1. The molecule has 0 unspecified atom stereocenters. The third-order valence-electron chi connectivity index (χ3n) is 4.52. The van der Waals surface area contributed by atoms with Crippen LogP contribution in [0.5, 0.6) is 5.75 Å². The topological polar surface area (TPSA) is 62.1 Å². The number of rotatable bonds is 6. The van der Waals surface area contributed by atoms with E-state index >= 15 is 0 Å². The van der Waals surface area contributed by atoms with Gasteiger partial charge >= 0.3 is 0 Å². The number of hydrogen-bond donors (Lipinski definition) is 1. The maximum atomic E-state index is 12.7. The van der Waals surface area contributed by atoms with Crippen LogP contribution in [0.1, 0.15) is 18.1 Å². The summed E-state index contributed by atoms with van der Waals surface area (Å²) in [5, 5.41) is 14.2. The van der Waals surface area contributed by atoms with Gasteiger partial charge in [0.2, 0.25) is 0 Å². The molecule has 0 aliphatic rings. The lowest BCUT2D eigenvalue weighted by atomic mass is 10.0. The number of anilines is 1. The number of ether oxygens (including phenoxy) is 1. The number of amides is 1. The van der Waals surface area contributed by atoms with Crippen molar-refractivity contribution in [3.8, 4) is 24.2 Å². The molecule has 0 bridgehead atoms. The fourth-order valence-electron chi connectivity index (χ4n) is 2.98. The summed E-state index contributed by atoms with van der Waals surface area (Å²) >= 11 is 0.